The first-order valence-electron chi connectivity index (χ1n) is 9.77. The lowest BCUT2D eigenvalue weighted by atomic mass is 9.98. The van der Waals surface area contributed by atoms with Crippen LogP contribution in [0.1, 0.15) is 30.9 Å². The first-order chi connectivity index (χ1) is 13.9. The topological polar surface area (TPSA) is 40.6 Å². The van der Waals surface area contributed by atoms with Gasteiger partial charge in [-0.3, -0.25) is 9.59 Å². The van der Waals surface area contributed by atoms with E-state index in [1.807, 2.05) is 6.92 Å². The molecule has 1 unspecified atom stereocenters. The predicted molar refractivity (Wildman–Crippen MR) is 117 cm³/mol. The van der Waals surface area contributed by atoms with E-state index in [4.69, 9.17) is 23.2 Å². The number of halogens is 2. The number of hydrogen-bond acceptors (Lipinski definition) is 3. The zero-order valence-corrected chi connectivity index (χ0v) is 17.9. The summed E-state index contributed by atoms with van der Waals surface area (Å²) in [7, 11) is 0. The van der Waals surface area contributed by atoms with Crippen molar-refractivity contribution >= 4 is 46.3 Å². The summed E-state index contributed by atoms with van der Waals surface area (Å²) >= 11 is 12.1. The monoisotopic (exact) mass is 428 g/mol. The zero-order valence-electron chi connectivity index (χ0n) is 16.4. The highest BCUT2D eigenvalue weighted by Crippen LogP contribution is 2.38. The summed E-state index contributed by atoms with van der Waals surface area (Å²) in [4.78, 5) is 30.4. The van der Waals surface area contributed by atoms with Gasteiger partial charge in [0.2, 0.25) is 0 Å². The number of carbonyl (C=O) groups excluding carboxylic acids is 2. The van der Waals surface area contributed by atoms with Gasteiger partial charge in [-0.05, 0) is 67.1 Å². The van der Waals surface area contributed by atoms with Crippen LogP contribution in [0.25, 0.3) is 5.57 Å². The molecule has 1 atom stereocenters. The van der Waals surface area contributed by atoms with Gasteiger partial charge in [-0.15, -0.1) is 0 Å². The highest BCUT2D eigenvalue weighted by atomic mass is 35.5. The second kappa shape index (κ2) is 7.85. The fourth-order valence-electron chi connectivity index (χ4n) is 4.17. The first kappa shape index (κ1) is 20.0. The molecule has 4 rings (SSSR count). The van der Waals surface area contributed by atoms with Gasteiger partial charge >= 0.3 is 0 Å². The van der Waals surface area contributed by atoms with Crippen LogP contribution in [0.4, 0.5) is 5.69 Å². The molecule has 0 aliphatic carbocycles. The largest absolute Gasteiger partial charge is 0.366 e. The maximum atomic E-state index is 13.6. The fraction of sp³-hybridized carbons (Fsp3) is 0.304. The van der Waals surface area contributed by atoms with Crippen molar-refractivity contribution in [3.8, 4) is 0 Å². The maximum absolute atomic E-state index is 13.6. The Morgan fingerprint density at radius 2 is 1.66 bits per heavy atom. The Hall–Kier alpha value is -2.30. The summed E-state index contributed by atoms with van der Waals surface area (Å²) in [6.07, 6.45) is 2.13. The molecular weight excluding hydrogens is 407 g/mol. The molecular formula is C23H22Cl2N2O2. The summed E-state index contributed by atoms with van der Waals surface area (Å²) in [6.45, 7) is 5.56. The number of amides is 2. The quantitative estimate of drug-likeness (QED) is 0.621. The van der Waals surface area contributed by atoms with Crippen molar-refractivity contribution in [1.29, 1.82) is 0 Å². The Morgan fingerprint density at radius 1 is 0.966 bits per heavy atom. The molecule has 0 bridgehead atoms. The van der Waals surface area contributed by atoms with E-state index in [1.165, 1.54) is 4.90 Å². The Kier molecular flexibility index (Phi) is 5.41. The van der Waals surface area contributed by atoms with Crippen LogP contribution in [-0.4, -0.2) is 29.8 Å². The van der Waals surface area contributed by atoms with Gasteiger partial charge in [-0.2, -0.15) is 0 Å². The van der Waals surface area contributed by atoms with Crippen molar-refractivity contribution in [1.82, 2.24) is 4.90 Å². The van der Waals surface area contributed by atoms with Crippen molar-refractivity contribution in [2.45, 2.75) is 26.7 Å². The maximum Gasteiger partial charge on any atom is 0.282 e. The molecule has 1 fully saturated rings. The summed E-state index contributed by atoms with van der Waals surface area (Å²) in [5.74, 6) is -0.118. The first-order valence-corrected chi connectivity index (χ1v) is 10.5. The molecule has 2 heterocycles. The van der Waals surface area contributed by atoms with E-state index < -0.39 is 0 Å². The third-order valence-electron chi connectivity index (χ3n) is 5.57. The Morgan fingerprint density at radius 3 is 2.31 bits per heavy atom. The van der Waals surface area contributed by atoms with Gasteiger partial charge in [0.15, 0.2) is 0 Å². The predicted octanol–water partition coefficient (Wildman–Crippen LogP) is 5.32. The number of anilines is 1. The fourth-order valence-corrected chi connectivity index (χ4v) is 4.52. The van der Waals surface area contributed by atoms with Gasteiger partial charge in [0.25, 0.3) is 11.8 Å². The highest BCUT2D eigenvalue weighted by molar-refractivity contribution is 6.45. The molecule has 0 N–H and O–H groups in total. The number of imide groups is 1. The minimum atomic E-state index is -0.309. The van der Waals surface area contributed by atoms with Gasteiger partial charge < -0.3 is 4.90 Å². The third-order valence-corrected chi connectivity index (χ3v) is 6.05. The molecule has 0 saturated carbocycles. The number of carbonyl (C=O) groups is 2. The van der Waals surface area contributed by atoms with Crippen molar-refractivity contribution in [2.24, 2.45) is 5.92 Å². The second-order valence-electron chi connectivity index (χ2n) is 7.80. The van der Waals surface area contributed by atoms with Crippen LogP contribution in [0.2, 0.25) is 10.0 Å². The van der Waals surface area contributed by atoms with Crippen LogP contribution in [0, 0.1) is 12.8 Å². The molecule has 0 spiro atoms. The van der Waals surface area contributed by atoms with E-state index in [0.717, 1.165) is 31.5 Å². The van der Waals surface area contributed by atoms with E-state index in [0.29, 0.717) is 38.5 Å². The molecule has 2 aliphatic rings. The van der Waals surface area contributed by atoms with Gasteiger partial charge in [-0.1, -0.05) is 42.3 Å². The van der Waals surface area contributed by atoms with Crippen LogP contribution in [-0.2, 0) is 9.59 Å². The molecule has 0 aromatic heterocycles. The average Bonchev–Trinajstić information content (AvgIpc) is 2.93. The molecule has 4 nitrogen and oxygen atoms in total. The number of nitrogens with zero attached hydrogens (tertiary/aromatic N) is 2. The molecule has 29 heavy (non-hydrogen) atoms. The summed E-state index contributed by atoms with van der Waals surface area (Å²) in [5.41, 5.74) is 2.97. The van der Waals surface area contributed by atoms with E-state index in [-0.39, 0.29) is 11.8 Å². The van der Waals surface area contributed by atoms with Crippen LogP contribution in [0.5, 0.6) is 0 Å². The number of benzene rings is 2. The summed E-state index contributed by atoms with van der Waals surface area (Å²) in [5, 5.41) is 1.16. The van der Waals surface area contributed by atoms with Crippen molar-refractivity contribution in [2.75, 3.05) is 18.0 Å². The Labute approximate surface area is 180 Å². The van der Waals surface area contributed by atoms with E-state index in [9.17, 15) is 9.59 Å². The average molecular weight is 429 g/mol. The molecule has 2 aromatic rings. The molecule has 1 saturated heterocycles. The number of likely N-dealkylation sites (tertiary alicyclic amines) is 1. The van der Waals surface area contributed by atoms with Crippen LogP contribution < -0.4 is 4.90 Å². The van der Waals surface area contributed by atoms with Gasteiger partial charge in [-0.25, -0.2) is 4.90 Å². The van der Waals surface area contributed by atoms with Crippen molar-refractivity contribution in [3.05, 3.63) is 69.3 Å². The number of rotatable bonds is 3. The minimum Gasteiger partial charge on any atom is -0.366 e. The minimum absolute atomic E-state index is 0.278. The van der Waals surface area contributed by atoms with E-state index >= 15 is 0 Å². The van der Waals surface area contributed by atoms with E-state index in [1.54, 1.807) is 42.5 Å². The molecule has 150 valence electrons. The Bertz CT molecular complexity index is 1010. The summed E-state index contributed by atoms with van der Waals surface area (Å²) < 4.78 is 0. The zero-order chi connectivity index (χ0) is 20.7. The van der Waals surface area contributed by atoms with Crippen LogP contribution in [0.15, 0.2) is 48.2 Å². The van der Waals surface area contributed by atoms with Gasteiger partial charge in [0.1, 0.15) is 5.70 Å². The normalized spacial score (nSPS) is 20.1. The van der Waals surface area contributed by atoms with Gasteiger partial charge in [0.05, 0.1) is 11.3 Å². The molecule has 2 aromatic carbocycles. The highest BCUT2D eigenvalue weighted by Gasteiger charge is 2.43. The lowest BCUT2D eigenvalue weighted by molar-refractivity contribution is -0.120. The second-order valence-corrected chi connectivity index (χ2v) is 8.67. The van der Waals surface area contributed by atoms with E-state index in [2.05, 4.69) is 11.8 Å². The van der Waals surface area contributed by atoms with Crippen molar-refractivity contribution in [3.63, 3.8) is 0 Å². The molecule has 2 amide bonds. The molecule has 0 radical (unpaired) electrons. The van der Waals surface area contributed by atoms with Crippen LogP contribution in [0.3, 0.4) is 0 Å². The number of aryl methyl sites for hydroxylation is 1. The standard InChI is InChI=1S/C23H22Cl2N2O2/c1-14-4-3-11-26(13-14)21-20(16-5-7-17(24)8-6-16)22(28)27(23(21)29)19-10-9-18(25)12-15(19)2/h5-10,12,14H,3-4,11,13H2,1-2H3. The lowest BCUT2D eigenvalue weighted by Gasteiger charge is -2.33. The molecule has 6 heteroatoms. The van der Waals surface area contributed by atoms with Crippen LogP contribution >= 0.6 is 23.2 Å². The molecule has 2 aliphatic heterocycles. The summed E-state index contributed by atoms with van der Waals surface area (Å²) in [6, 6.07) is 12.3. The van der Waals surface area contributed by atoms with Crippen molar-refractivity contribution < 1.29 is 9.59 Å². The van der Waals surface area contributed by atoms with Gasteiger partial charge in [0, 0.05) is 23.1 Å². The Balaban J connectivity index is 1.84. The SMILES string of the molecule is Cc1cc(Cl)ccc1N1C(=O)C(c2ccc(Cl)cc2)=C(N2CCCC(C)C2)C1=O. The smallest absolute Gasteiger partial charge is 0.282 e. The third kappa shape index (κ3) is 3.67. The number of hydrogen-bond donors (Lipinski definition) is 0. The lowest BCUT2D eigenvalue weighted by Crippen LogP contribution is -2.39. The number of piperidine rings is 1.